The van der Waals surface area contributed by atoms with Crippen LogP contribution in [0.1, 0.15) is 45.6 Å². The monoisotopic (exact) mass is 423 g/mol. The molecule has 1 saturated carbocycles. The summed E-state index contributed by atoms with van der Waals surface area (Å²) in [6.07, 6.45) is 5.84. The standard InChI is InChI=1S/C18H29N7O3S/c1-11(2)25-10-19-15-16(20-13-5-6-24(8-13)29(27)28)22-18(23-17(15)25)21-14(9-26)7-12-3-4-12/h10-14,26H,3-9H2,1-2H3,(H,27,28)(H2,20,21,22,23). The highest BCUT2D eigenvalue weighted by molar-refractivity contribution is 7.76. The molecule has 1 aliphatic heterocycles. The van der Waals surface area contributed by atoms with Crippen molar-refractivity contribution < 1.29 is 13.9 Å². The molecule has 1 saturated heterocycles. The zero-order valence-electron chi connectivity index (χ0n) is 16.8. The first-order valence-electron chi connectivity index (χ1n) is 10.2. The molecule has 0 amide bonds. The minimum Gasteiger partial charge on any atom is -0.394 e. The van der Waals surface area contributed by atoms with Gasteiger partial charge in [0, 0.05) is 25.2 Å². The lowest BCUT2D eigenvalue weighted by molar-refractivity contribution is 0.265. The molecule has 3 atom stereocenters. The van der Waals surface area contributed by atoms with Crippen molar-refractivity contribution in [2.24, 2.45) is 5.92 Å². The number of aliphatic hydroxyl groups excluding tert-OH is 1. The Labute approximate surface area is 172 Å². The summed E-state index contributed by atoms with van der Waals surface area (Å²) in [6.45, 7) is 5.18. The molecule has 1 aliphatic carbocycles. The van der Waals surface area contributed by atoms with Crippen molar-refractivity contribution in [2.45, 2.75) is 57.7 Å². The highest BCUT2D eigenvalue weighted by Gasteiger charge is 2.28. The van der Waals surface area contributed by atoms with E-state index in [-0.39, 0.29) is 24.7 Å². The Kier molecular flexibility index (Phi) is 6.00. The van der Waals surface area contributed by atoms with Gasteiger partial charge >= 0.3 is 0 Å². The molecule has 0 spiro atoms. The number of nitrogens with zero attached hydrogens (tertiary/aromatic N) is 5. The summed E-state index contributed by atoms with van der Waals surface area (Å²) in [6, 6.07) is 0.109. The van der Waals surface area contributed by atoms with Crippen LogP contribution in [-0.2, 0) is 11.3 Å². The fraction of sp³-hybridized carbons (Fsp3) is 0.722. The van der Waals surface area contributed by atoms with Crippen molar-refractivity contribution >= 4 is 34.2 Å². The molecule has 2 aromatic rings. The Morgan fingerprint density at radius 3 is 2.72 bits per heavy atom. The van der Waals surface area contributed by atoms with Crippen LogP contribution >= 0.6 is 0 Å². The maximum absolute atomic E-state index is 11.3. The molecule has 3 unspecified atom stereocenters. The van der Waals surface area contributed by atoms with E-state index in [0.717, 1.165) is 18.5 Å². The summed E-state index contributed by atoms with van der Waals surface area (Å²) >= 11 is -1.96. The second-order valence-electron chi connectivity index (χ2n) is 8.27. The Morgan fingerprint density at radius 1 is 1.31 bits per heavy atom. The normalized spacial score (nSPS) is 22.3. The van der Waals surface area contributed by atoms with E-state index in [0.29, 0.717) is 36.3 Å². The number of hydrogen-bond donors (Lipinski definition) is 4. The maximum Gasteiger partial charge on any atom is 0.234 e. The van der Waals surface area contributed by atoms with E-state index in [1.807, 2.05) is 4.57 Å². The molecule has 2 aliphatic rings. The lowest BCUT2D eigenvalue weighted by Crippen LogP contribution is -2.28. The molecule has 0 radical (unpaired) electrons. The summed E-state index contributed by atoms with van der Waals surface area (Å²) < 4.78 is 24.1. The molecular formula is C18H29N7O3S. The lowest BCUT2D eigenvalue weighted by atomic mass is 10.1. The molecule has 2 aromatic heterocycles. The number of fused-ring (bicyclic) bond motifs is 1. The van der Waals surface area contributed by atoms with Gasteiger partial charge in [-0.05, 0) is 32.6 Å². The van der Waals surface area contributed by atoms with Crippen molar-refractivity contribution in [1.82, 2.24) is 23.8 Å². The van der Waals surface area contributed by atoms with E-state index < -0.39 is 11.3 Å². The fourth-order valence-corrected chi connectivity index (χ4v) is 4.33. The van der Waals surface area contributed by atoms with Gasteiger partial charge in [0.1, 0.15) is 0 Å². The van der Waals surface area contributed by atoms with Crippen LogP contribution in [0.5, 0.6) is 0 Å². The van der Waals surface area contributed by atoms with Gasteiger partial charge in [0.2, 0.25) is 17.2 Å². The minimum atomic E-state index is -1.96. The first-order valence-corrected chi connectivity index (χ1v) is 11.3. The molecule has 11 heteroatoms. The number of imidazole rings is 1. The number of rotatable bonds is 9. The summed E-state index contributed by atoms with van der Waals surface area (Å²) in [5.74, 6) is 1.74. The number of nitrogens with one attached hydrogen (secondary N) is 2. The SMILES string of the molecule is CC(C)n1cnc2c(NC3CCN(S(=O)O)C3)nc(NC(CO)CC3CC3)nc21. The maximum atomic E-state index is 11.3. The van der Waals surface area contributed by atoms with Gasteiger partial charge in [-0.2, -0.15) is 14.3 Å². The zero-order chi connectivity index (χ0) is 20.5. The Bertz CT molecular complexity index is 886. The summed E-state index contributed by atoms with van der Waals surface area (Å²) in [5.41, 5.74) is 1.40. The van der Waals surface area contributed by atoms with Crippen LogP contribution in [0.4, 0.5) is 11.8 Å². The highest BCUT2D eigenvalue weighted by Crippen LogP contribution is 2.34. The largest absolute Gasteiger partial charge is 0.394 e. The minimum absolute atomic E-state index is 0.00125. The van der Waals surface area contributed by atoms with Crippen LogP contribution in [0.15, 0.2) is 6.33 Å². The van der Waals surface area contributed by atoms with Crippen LogP contribution in [0, 0.1) is 5.92 Å². The van der Waals surface area contributed by atoms with Crippen LogP contribution in [0.25, 0.3) is 11.2 Å². The molecule has 29 heavy (non-hydrogen) atoms. The van der Waals surface area contributed by atoms with E-state index >= 15 is 0 Å². The number of aromatic nitrogens is 4. The average molecular weight is 424 g/mol. The van der Waals surface area contributed by atoms with Gasteiger partial charge < -0.3 is 20.3 Å². The molecule has 3 heterocycles. The van der Waals surface area contributed by atoms with E-state index in [9.17, 15) is 13.9 Å². The molecule has 0 aromatic carbocycles. The van der Waals surface area contributed by atoms with Crippen molar-refractivity contribution in [3.8, 4) is 0 Å². The molecule has 0 bridgehead atoms. The molecule has 10 nitrogen and oxygen atoms in total. The Morgan fingerprint density at radius 2 is 2.10 bits per heavy atom. The summed E-state index contributed by atoms with van der Waals surface area (Å²) in [5, 5.41) is 16.4. The van der Waals surface area contributed by atoms with E-state index in [4.69, 9.17) is 0 Å². The quantitative estimate of drug-likeness (QED) is 0.448. The first kappa shape index (κ1) is 20.5. The van der Waals surface area contributed by atoms with Crippen molar-refractivity contribution in [3.05, 3.63) is 6.33 Å². The Balaban J connectivity index is 1.61. The number of aliphatic hydroxyl groups is 1. The van der Waals surface area contributed by atoms with Crippen molar-refractivity contribution in [2.75, 3.05) is 30.3 Å². The second-order valence-corrected chi connectivity index (χ2v) is 9.24. The molecule has 160 valence electrons. The first-order chi connectivity index (χ1) is 13.9. The zero-order valence-corrected chi connectivity index (χ0v) is 17.6. The molecule has 4 N–H and O–H groups in total. The lowest BCUT2D eigenvalue weighted by Gasteiger charge is -2.19. The van der Waals surface area contributed by atoms with E-state index in [2.05, 4.69) is 39.4 Å². The van der Waals surface area contributed by atoms with E-state index in [1.165, 1.54) is 17.1 Å². The van der Waals surface area contributed by atoms with Crippen LogP contribution in [0.2, 0.25) is 0 Å². The number of hydrogen-bond acceptors (Lipinski definition) is 7. The van der Waals surface area contributed by atoms with Gasteiger partial charge in [-0.25, -0.2) is 9.19 Å². The van der Waals surface area contributed by atoms with Gasteiger partial charge in [0.15, 0.2) is 17.0 Å². The van der Waals surface area contributed by atoms with Gasteiger partial charge in [-0.15, -0.1) is 0 Å². The molecular weight excluding hydrogens is 394 g/mol. The predicted octanol–water partition coefficient (Wildman–Crippen LogP) is 1.60. The second kappa shape index (κ2) is 8.50. The van der Waals surface area contributed by atoms with Gasteiger partial charge in [0.25, 0.3) is 0 Å². The van der Waals surface area contributed by atoms with E-state index in [1.54, 1.807) is 6.33 Å². The van der Waals surface area contributed by atoms with Crippen LogP contribution < -0.4 is 10.6 Å². The predicted molar refractivity (Wildman–Crippen MR) is 112 cm³/mol. The third-order valence-electron chi connectivity index (χ3n) is 5.56. The topological polar surface area (TPSA) is 128 Å². The van der Waals surface area contributed by atoms with Crippen molar-refractivity contribution in [3.63, 3.8) is 0 Å². The van der Waals surface area contributed by atoms with Gasteiger partial charge in [-0.1, -0.05) is 12.8 Å². The molecule has 4 rings (SSSR count). The molecule has 2 fully saturated rings. The fourth-order valence-electron chi connectivity index (χ4n) is 3.76. The van der Waals surface area contributed by atoms with Crippen molar-refractivity contribution in [1.29, 1.82) is 0 Å². The Hall–Kier alpha value is -1.82. The number of anilines is 2. The van der Waals surface area contributed by atoms with Crippen LogP contribution in [-0.4, -0.2) is 69.5 Å². The third kappa shape index (κ3) is 4.68. The smallest absolute Gasteiger partial charge is 0.234 e. The summed E-state index contributed by atoms with van der Waals surface area (Å²) in [7, 11) is 0. The van der Waals surface area contributed by atoms with Crippen LogP contribution in [0.3, 0.4) is 0 Å². The van der Waals surface area contributed by atoms with Gasteiger partial charge in [0.05, 0.1) is 19.0 Å². The summed E-state index contributed by atoms with van der Waals surface area (Å²) in [4.78, 5) is 13.8. The van der Waals surface area contributed by atoms with Gasteiger partial charge in [-0.3, -0.25) is 4.55 Å². The highest BCUT2D eigenvalue weighted by atomic mass is 32.2. The third-order valence-corrected chi connectivity index (χ3v) is 6.33. The average Bonchev–Trinajstić information content (AvgIpc) is 3.18.